The van der Waals surface area contributed by atoms with Crippen molar-refractivity contribution in [2.24, 2.45) is 0 Å². The van der Waals surface area contributed by atoms with Crippen molar-refractivity contribution in [3.8, 4) is 5.75 Å². The Kier molecular flexibility index (Phi) is 7.17. The van der Waals surface area contributed by atoms with Gasteiger partial charge in [0.05, 0.1) is 13.4 Å². The lowest BCUT2D eigenvalue weighted by molar-refractivity contribution is -0.116. The molecule has 0 aliphatic carbocycles. The first-order valence-electron chi connectivity index (χ1n) is 8.31. The number of hydrogen-bond acceptors (Lipinski definition) is 4. The van der Waals surface area contributed by atoms with Crippen LogP contribution >= 0.6 is 0 Å². The number of nitrogens with one attached hydrogen (secondary N) is 1. The van der Waals surface area contributed by atoms with Gasteiger partial charge in [-0.05, 0) is 36.2 Å². The standard InChI is InChI=1S/C19H24N2O4S/c1-25-18-10-8-17(9-11-18)20-19(22)13-15-21(26(2,23)24)14-12-16-6-4-3-5-7-16/h3-11H,12-15H2,1-2H3,(H,20,22). The summed E-state index contributed by atoms with van der Waals surface area (Å²) in [4.78, 5) is 12.1. The van der Waals surface area contributed by atoms with E-state index in [2.05, 4.69) is 5.32 Å². The molecule has 0 atom stereocenters. The van der Waals surface area contributed by atoms with Crippen LogP contribution in [0.15, 0.2) is 54.6 Å². The van der Waals surface area contributed by atoms with Gasteiger partial charge in [0.25, 0.3) is 0 Å². The van der Waals surface area contributed by atoms with E-state index in [-0.39, 0.29) is 18.9 Å². The molecule has 0 aromatic heterocycles. The van der Waals surface area contributed by atoms with Crippen molar-refractivity contribution in [3.05, 3.63) is 60.2 Å². The fourth-order valence-corrected chi connectivity index (χ4v) is 3.31. The molecule has 0 aliphatic heterocycles. The molecule has 0 bridgehead atoms. The topological polar surface area (TPSA) is 75.7 Å². The minimum absolute atomic E-state index is 0.0912. The lowest BCUT2D eigenvalue weighted by atomic mass is 10.1. The van der Waals surface area contributed by atoms with Crippen LogP contribution in [0.4, 0.5) is 5.69 Å². The summed E-state index contributed by atoms with van der Waals surface area (Å²) < 4.78 is 30.4. The van der Waals surface area contributed by atoms with Crippen LogP contribution in [-0.2, 0) is 21.2 Å². The van der Waals surface area contributed by atoms with E-state index in [9.17, 15) is 13.2 Å². The Balaban J connectivity index is 1.88. The van der Waals surface area contributed by atoms with Gasteiger partial charge in [-0.1, -0.05) is 30.3 Å². The minimum Gasteiger partial charge on any atom is -0.497 e. The molecule has 0 heterocycles. The Bertz CT molecular complexity index is 805. The average molecular weight is 376 g/mol. The Morgan fingerprint density at radius 1 is 1.04 bits per heavy atom. The maximum atomic E-state index is 12.1. The third-order valence-electron chi connectivity index (χ3n) is 3.92. The van der Waals surface area contributed by atoms with Gasteiger partial charge in [-0.3, -0.25) is 4.79 Å². The molecule has 0 fully saturated rings. The number of benzene rings is 2. The van der Waals surface area contributed by atoms with Gasteiger partial charge < -0.3 is 10.1 Å². The molecule has 2 rings (SSSR count). The molecule has 2 aromatic rings. The van der Waals surface area contributed by atoms with Crippen molar-refractivity contribution in [1.29, 1.82) is 0 Å². The van der Waals surface area contributed by atoms with Crippen molar-refractivity contribution in [2.75, 3.05) is 31.8 Å². The average Bonchev–Trinajstić information content (AvgIpc) is 2.62. The molecular weight excluding hydrogens is 352 g/mol. The second-order valence-corrected chi connectivity index (χ2v) is 7.91. The largest absolute Gasteiger partial charge is 0.497 e. The van der Waals surface area contributed by atoms with Crippen molar-refractivity contribution in [3.63, 3.8) is 0 Å². The maximum Gasteiger partial charge on any atom is 0.225 e. The highest BCUT2D eigenvalue weighted by Crippen LogP contribution is 2.15. The van der Waals surface area contributed by atoms with E-state index < -0.39 is 10.0 Å². The van der Waals surface area contributed by atoms with Crippen LogP contribution in [0.1, 0.15) is 12.0 Å². The van der Waals surface area contributed by atoms with Crippen LogP contribution in [0.3, 0.4) is 0 Å². The van der Waals surface area contributed by atoms with Crippen LogP contribution in [0.25, 0.3) is 0 Å². The molecule has 0 spiro atoms. The molecular formula is C19H24N2O4S. The number of sulfonamides is 1. The number of hydrogen-bond donors (Lipinski definition) is 1. The van der Waals surface area contributed by atoms with Crippen LogP contribution in [0.5, 0.6) is 5.75 Å². The summed E-state index contributed by atoms with van der Waals surface area (Å²) in [6.07, 6.45) is 1.86. The fraction of sp³-hybridized carbons (Fsp3) is 0.316. The van der Waals surface area contributed by atoms with E-state index in [0.717, 1.165) is 5.56 Å². The van der Waals surface area contributed by atoms with Crippen LogP contribution < -0.4 is 10.1 Å². The Hall–Kier alpha value is -2.38. The monoisotopic (exact) mass is 376 g/mol. The maximum absolute atomic E-state index is 12.1. The Morgan fingerprint density at radius 3 is 2.27 bits per heavy atom. The normalized spacial score (nSPS) is 11.3. The second-order valence-electron chi connectivity index (χ2n) is 5.92. The van der Waals surface area contributed by atoms with Gasteiger partial charge in [-0.25, -0.2) is 12.7 Å². The van der Waals surface area contributed by atoms with Crippen molar-refractivity contribution < 1.29 is 17.9 Å². The summed E-state index contributed by atoms with van der Waals surface area (Å²) in [5.74, 6) is 0.468. The predicted octanol–water partition coefficient (Wildman–Crippen LogP) is 2.53. The smallest absolute Gasteiger partial charge is 0.225 e. The van der Waals surface area contributed by atoms with Crippen molar-refractivity contribution >= 4 is 21.6 Å². The lowest BCUT2D eigenvalue weighted by Crippen LogP contribution is -2.34. The molecule has 0 unspecified atom stereocenters. The number of ether oxygens (including phenoxy) is 1. The Morgan fingerprint density at radius 2 is 1.69 bits per heavy atom. The van der Waals surface area contributed by atoms with Gasteiger partial charge in [-0.2, -0.15) is 0 Å². The summed E-state index contributed by atoms with van der Waals surface area (Å²) in [5, 5.41) is 2.76. The summed E-state index contributed by atoms with van der Waals surface area (Å²) >= 11 is 0. The fourth-order valence-electron chi connectivity index (χ4n) is 2.47. The van der Waals surface area contributed by atoms with Crippen molar-refractivity contribution in [1.82, 2.24) is 4.31 Å². The second kappa shape index (κ2) is 9.35. The first kappa shape index (κ1) is 19.9. The minimum atomic E-state index is -3.38. The number of rotatable bonds is 9. The molecule has 0 saturated carbocycles. The van der Waals surface area contributed by atoms with E-state index in [4.69, 9.17) is 4.74 Å². The molecule has 2 aromatic carbocycles. The summed E-state index contributed by atoms with van der Waals surface area (Å²) in [6.45, 7) is 0.492. The van der Waals surface area contributed by atoms with Gasteiger partial charge in [0.1, 0.15) is 5.75 Å². The number of carbonyl (C=O) groups is 1. The third-order valence-corrected chi connectivity index (χ3v) is 5.23. The van der Waals surface area contributed by atoms with E-state index >= 15 is 0 Å². The van der Waals surface area contributed by atoms with Gasteiger partial charge in [0.15, 0.2) is 0 Å². The molecule has 0 saturated heterocycles. The zero-order chi connectivity index (χ0) is 19.0. The molecule has 6 nitrogen and oxygen atoms in total. The number of anilines is 1. The van der Waals surface area contributed by atoms with E-state index in [1.165, 1.54) is 10.6 Å². The molecule has 0 aliphatic rings. The SMILES string of the molecule is COc1ccc(NC(=O)CCN(CCc2ccccc2)S(C)(=O)=O)cc1. The first-order valence-corrected chi connectivity index (χ1v) is 10.2. The van der Waals surface area contributed by atoms with Gasteiger partial charge in [0.2, 0.25) is 15.9 Å². The zero-order valence-electron chi connectivity index (χ0n) is 15.0. The van der Waals surface area contributed by atoms with Gasteiger partial charge in [0, 0.05) is 25.2 Å². The summed E-state index contributed by atoms with van der Waals surface area (Å²) in [5.41, 5.74) is 1.70. The highest BCUT2D eigenvalue weighted by Gasteiger charge is 2.17. The molecule has 7 heteroatoms. The van der Waals surface area contributed by atoms with E-state index in [1.807, 2.05) is 30.3 Å². The number of carbonyl (C=O) groups excluding carboxylic acids is 1. The summed E-state index contributed by atoms with van der Waals surface area (Å²) in [7, 11) is -1.80. The number of amides is 1. The Labute approximate surface area is 154 Å². The molecule has 1 N–H and O–H groups in total. The van der Waals surface area contributed by atoms with Crippen LogP contribution in [0.2, 0.25) is 0 Å². The summed E-state index contributed by atoms with van der Waals surface area (Å²) in [6, 6.07) is 16.6. The first-order chi connectivity index (χ1) is 12.4. The molecule has 1 amide bonds. The number of nitrogens with zero attached hydrogens (tertiary/aromatic N) is 1. The van der Waals surface area contributed by atoms with E-state index in [0.29, 0.717) is 24.4 Å². The van der Waals surface area contributed by atoms with Gasteiger partial charge in [-0.15, -0.1) is 0 Å². The lowest BCUT2D eigenvalue weighted by Gasteiger charge is -2.19. The quantitative estimate of drug-likeness (QED) is 0.730. The molecule has 0 radical (unpaired) electrons. The highest BCUT2D eigenvalue weighted by atomic mass is 32.2. The number of methoxy groups -OCH3 is 1. The third kappa shape index (κ3) is 6.50. The molecule has 26 heavy (non-hydrogen) atoms. The van der Waals surface area contributed by atoms with Crippen LogP contribution in [0, 0.1) is 0 Å². The zero-order valence-corrected chi connectivity index (χ0v) is 15.8. The van der Waals surface area contributed by atoms with Crippen molar-refractivity contribution in [2.45, 2.75) is 12.8 Å². The van der Waals surface area contributed by atoms with Gasteiger partial charge >= 0.3 is 0 Å². The van der Waals surface area contributed by atoms with Crippen LogP contribution in [-0.4, -0.2) is 45.1 Å². The predicted molar refractivity (Wildman–Crippen MR) is 103 cm³/mol. The van der Waals surface area contributed by atoms with E-state index in [1.54, 1.807) is 31.4 Å². The molecule has 140 valence electrons. The highest BCUT2D eigenvalue weighted by molar-refractivity contribution is 7.88.